The minimum atomic E-state index is -0.371. The van der Waals surface area contributed by atoms with Gasteiger partial charge in [0.25, 0.3) is 11.8 Å². The molecule has 3 aromatic rings. The second kappa shape index (κ2) is 10.7. The van der Waals surface area contributed by atoms with Crippen molar-refractivity contribution in [3.05, 3.63) is 83.2 Å². The van der Waals surface area contributed by atoms with Crippen molar-refractivity contribution in [2.45, 2.75) is 6.42 Å². The number of carbonyl (C=O) groups excluding carboxylic acids is 5. The van der Waals surface area contributed by atoms with E-state index < -0.39 is 0 Å². The molecule has 0 radical (unpaired) electrons. The Morgan fingerprint density at radius 3 is 2.03 bits per heavy atom. The number of nitrogens with one attached hydrogen (secondary N) is 3. The summed E-state index contributed by atoms with van der Waals surface area (Å²) < 4.78 is 1.58. The van der Waals surface area contributed by atoms with Crippen LogP contribution in [0.2, 0.25) is 0 Å². The molecule has 2 aromatic carbocycles. The van der Waals surface area contributed by atoms with Crippen LogP contribution in [0.1, 0.15) is 48.0 Å². The summed E-state index contributed by atoms with van der Waals surface area (Å²) in [5, 5.41) is 8.07. The van der Waals surface area contributed by atoms with E-state index in [0.29, 0.717) is 40.0 Å². The maximum atomic E-state index is 12.5. The number of aryl methyl sites for hydroxylation is 1. The SMILES string of the molecule is Cn1cc(NC(=O)CCNC(=O)c2ccc(C=O)cc2)cc1C(=O)Nc1ccc(C=O)cc1. The van der Waals surface area contributed by atoms with E-state index >= 15 is 0 Å². The zero-order chi connectivity index (χ0) is 23.8. The third-order valence-corrected chi connectivity index (χ3v) is 4.77. The number of hydrogen-bond donors (Lipinski definition) is 3. The number of aromatic nitrogens is 1. The molecule has 1 aromatic heterocycles. The van der Waals surface area contributed by atoms with Crippen molar-refractivity contribution < 1.29 is 24.0 Å². The molecule has 0 aliphatic rings. The van der Waals surface area contributed by atoms with Crippen LogP contribution < -0.4 is 16.0 Å². The lowest BCUT2D eigenvalue weighted by Gasteiger charge is -2.06. The van der Waals surface area contributed by atoms with Crippen molar-refractivity contribution >= 4 is 41.7 Å². The fraction of sp³-hybridized carbons (Fsp3) is 0.125. The first-order valence-electron chi connectivity index (χ1n) is 10.1. The predicted molar refractivity (Wildman–Crippen MR) is 123 cm³/mol. The van der Waals surface area contributed by atoms with E-state index in [1.165, 1.54) is 24.3 Å². The third-order valence-electron chi connectivity index (χ3n) is 4.77. The summed E-state index contributed by atoms with van der Waals surface area (Å²) >= 11 is 0. The van der Waals surface area contributed by atoms with Crippen molar-refractivity contribution in [3.63, 3.8) is 0 Å². The summed E-state index contributed by atoms with van der Waals surface area (Å²) in [5.74, 6) is -1.04. The second-order valence-electron chi connectivity index (χ2n) is 7.21. The minimum absolute atomic E-state index is 0.0394. The van der Waals surface area contributed by atoms with Gasteiger partial charge in [-0.25, -0.2) is 0 Å². The Labute approximate surface area is 189 Å². The topological polar surface area (TPSA) is 126 Å². The lowest BCUT2D eigenvalue weighted by atomic mass is 10.1. The minimum Gasteiger partial charge on any atom is -0.352 e. The van der Waals surface area contributed by atoms with Crippen LogP contribution in [0.4, 0.5) is 11.4 Å². The van der Waals surface area contributed by atoms with E-state index in [-0.39, 0.29) is 30.7 Å². The van der Waals surface area contributed by atoms with Gasteiger partial charge >= 0.3 is 0 Å². The summed E-state index contributed by atoms with van der Waals surface area (Å²) in [4.78, 5) is 58.2. The molecular formula is C24H22N4O5. The van der Waals surface area contributed by atoms with E-state index in [2.05, 4.69) is 16.0 Å². The quantitative estimate of drug-likeness (QED) is 0.436. The van der Waals surface area contributed by atoms with E-state index in [9.17, 15) is 24.0 Å². The first kappa shape index (κ1) is 23.1. The second-order valence-corrected chi connectivity index (χ2v) is 7.21. The van der Waals surface area contributed by atoms with E-state index in [1.54, 1.807) is 48.1 Å². The number of hydrogen-bond acceptors (Lipinski definition) is 5. The Morgan fingerprint density at radius 1 is 0.818 bits per heavy atom. The summed E-state index contributed by atoms with van der Waals surface area (Å²) in [6.07, 6.45) is 3.05. The lowest BCUT2D eigenvalue weighted by molar-refractivity contribution is -0.116. The highest BCUT2D eigenvalue weighted by atomic mass is 16.2. The van der Waals surface area contributed by atoms with Crippen LogP contribution in [-0.4, -0.2) is 41.4 Å². The average Bonchev–Trinajstić information content (AvgIpc) is 3.19. The van der Waals surface area contributed by atoms with Crippen molar-refractivity contribution in [2.24, 2.45) is 7.05 Å². The van der Waals surface area contributed by atoms with Crippen molar-refractivity contribution in [3.8, 4) is 0 Å². The third kappa shape index (κ3) is 6.23. The molecule has 9 nitrogen and oxygen atoms in total. The number of nitrogens with zero attached hydrogens (tertiary/aromatic N) is 1. The van der Waals surface area contributed by atoms with Gasteiger partial charge in [0, 0.05) is 48.6 Å². The lowest BCUT2D eigenvalue weighted by Crippen LogP contribution is -2.27. The highest BCUT2D eigenvalue weighted by molar-refractivity contribution is 6.04. The van der Waals surface area contributed by atoms with Gasteiger partial charge in [0.15, 0.2) is 0 Å². The molecule has 0 saturated carbocycles. The zero-order valence-corrected chi connectivity index (χ0v) is 17.8. The molecule has 0 atom stereocenters. The molecule has 0 unspecified atom stereocenters. The Kier molecular flexibility index (Phi) is 7.48. The van der Waals surface area contributed by atoms with E-state index in [4.69, 9.17) is 0 Å². The first-order chi connectivity index (χ1) is 15.9. The zero-order valence-electron chi connectivity index (χ0n) is 17.8. The average molecular weight is 446 g/mol. The molecule has 3 amide bonds. The normalized spacial score (nSPS) is 10.2. The van der Waals surface area contributed by atoms with Gasteiger partial charge in [-0.1, -0.05) is 12.1 Å². The fourth-order valence-electron chi connectivity index (χ4n) is 3.03. The summed E-state index contributed by atoms with van der Waals surface area (Å²) in [5.41, 5.74) is 2.67. The molecule has 9 heteroatoms. The van der Waals surface area contributed by atoms with Gasteiger partial charge in [-0.15, -0.1) is 0 Å². The molecule has 0 aliphatic carbocycles. The van der Waals surface area contributed by atoms with Gasteiger partial charge in [0.05, 0.1) is 5.69 Å². The smallest absolute Gasteiger partial charge is 0.272 e. The van der Waals surface area contributed by atoms with Crippen LogP contribution in [0.5, 0.6) is 0 Å². The maximum Gasteiger partial charge on any atom is 0.272 e. The van der Waals surface area contributed by atoms with Crippen LogP contribution in [0.15, 0.2) is 60.8 Å². The monoisotopic (exact) mass is 446 g/mol. The maximum absolute atomic E-state index is 12.5. The Hall–Kier alpha value is -4.53. The van der Waals surface area contributed by atoms with Gasteiger partial charge in [-0.05, 0) is 42.5 Å². The number of anilines is 2. The standard InChI is InChI=1S/C24H22N4O5/c1-28-13-20(12-21(28)24(33)27-19-8-4-17(15-30)5-9-19)26-22(31)10-11-25-23(32)18-6-2-16(14-29)3-7-18/h2-9,12-15H,10-11H2,1H3,(H,25,32)(H,26,31)(H,27,33). The molecular weight excluding hydrogens is 424 g/mol. The number of amides is 3. The predicted octanol–water partition coefficient (Wildman–Crippen LogP) is 2.66. The van der Waals surface area contributed by atoms with Crippen LogP contribution >= 0.6 is 0 Å². The van der Waals surface area contributed by atoms with E-state index in [0.717, 1.165) is 6.29 Å². The highest BCUT2D eigenvalue weighted by Crippen LogP contribution is 2.16. The van der Waals surface area contributed by atoms with Gasteiger partial charge in [-0.3, -0.25) is 24.0 Å². The number of aldehydes is 2. The Balaban J connectivity index is 1.50. The molecule has 0 spiro atoms. The highest BCUT2D eigenvalue weighted by Gasteiger charge is 2.14. The molecule has 0 aliphatic heterocycles. The van der Waals surface area contributed by atoms with Crippen LogP contribution in [0.25, 0.3) is 0 Å². The molecule has 0 bridgehead atoms. The van der Waals surface area contributed by atoms with Crippen LogP contribution in [0, 0.1) is 0 Å². The van der Waals surface area contributed by atoms with Gasteiger partial charge in [0.2, 0.25) is 5.91 Å². The molecule has 0 saturated heterocycles. The summed E-state index contributed by atoms with van der Waals surface area (Å²) in [7, 11) is 1.68. The number of rotatable bonds is 9. The van der Waals surface area contributed by atoms with Crippen molar-refractivity contribution in [1.82, 2.24) is 9.88 Å². The Morgan fingerprint density at radius 2 is 1.42 bits per heavy atom. The Bertz CT molecular complexity index is 1180. The summed E-state index contributed by atoms with van der Waals surface area (Å²) in [6.45, 7) is 0.122. The number of carbonyl (C=O) groups is 5. The van der Waals surface area contributed by atoms with Gasteiger partial charge in [0.1, 0.15) is 18.3 Å². The molecule has 3 N–H and O–H groups in total. The largest absolute Gasteiger partial charge is 0.352 e. The van der Waals surface area contributed by atoms with E-state index in [1.807, 2.05) is 0 Å². The van der Waals surface area contributed by atoms with Crippen molar-refractivity contribution in [1.29, 1.82) is 0 Å². The fourth-order valence-corrected chi connectivity index (χ4v) is 3.03. The van der Waals surface area contributed by atoms with Gasteiger partial charge < -0.3 is 20.5 Å². The molecule has 33 heavy (non-hydrogen) atoms. The van der Waals surface area contributed by atoms with Crippen molar-refractivity contribution in [2.75, 3.05) is 17.2 Å². The molecule has 3 rings (SSSR count). The van der Waals surface area contributed by atoms with Gasteiger partial charge in [-0.2, -0.15) is 0 Å². The van der Waals surface area contributed by atoms with Crippen LogP contribution in [-0.2, 0) is 11.8 Å². The molecule has 1 heterocycles. The first-order valence-corrected chi connectivity index (χ1v) is 10.1. The summed E-state index contributed by atoms with van der Waals surface area (Å²) in [6, 6.07) is 14.1. The molecule has 0 fully saturated rings. The van der Waals surface area contributed by atoms with Crippen LogP contribution in [0.3, 0.4) is 0 Å². The molecule has 168 valence electrons. The number of benzene rings is 2.